The number of rotatable bonds is 8. The van der Waals surface area contributed by atoms with Crippen LogP contribution in [0, 0.1) is 19.7 Å². The topological polar surface area (TPSA) is 83.8 Å². The smallest absolute Gasteiger partial charge is 0.318 e. The highest BCUT2D eigenvalue weighted by atomic mass is 35.5. The first-order valence-electron chi connectivity index (χ1n) is 12.0. The summed E-state index contributed by atoms with van der Waals surface area (Å²) in [4.78, 5) is 12.6. The number of anilines is 1. The quantitative estimate of drug-likeness (QED) is 0.146. The monoisotopic (exact) mass is 606 g/mol. The molecule has 1 amide bonds. The molecule has 1 N–H and O–H groups in total. The van der Waals surface area contributed by atoms with Crippen molar-refractivity contribution in [3.8, 4) is 5.69 Å². The van der Waals surface area contributed by atoms with Gasteiger partial charge in [-0.1, -0.05) is 29.8 Å². The summed E-state index contributed by atoms with van der Waals surface area (Å²) in [6.45, 7) is 2.76. The molecule has 0 atom stereocenters. The van der Waals surface area contributed by atoms with Crippen molar-refractivity contribution < 1.29 is 30.8 Å². The highest BCUT2D eigenvalue weighted by Gasteiger charge is 2.35. The van der Waals surface area contributed by atoms with Crippen LogP contribution in [0.25, 0.3) is 5.69 Å². The lowest BCUT2D eigenvalue weighted by molar-refractivity contribution is -0.137. The second-order valence-corrected chi connectivity index (χ2v) is 11.2. The lowest BCUT2D eigenvalue weighted by atomic mass is 10.2. The van der Waals surface area contributed by atoms with E-state index in [9.17, 15) is 30.8 Å². The molecule has 7 nitrogen and oxygen atoms in total. The Morgan fingerprint density at radius 2 is 1.68 bits per heavy atom. The summed E-state index contributed by atoms with van der Waals surface area (Å²) in [6.07, 6.45) is -3.51. The molecule has 0 saturated heterocycles. The van der Waals surface area contributed by atoms with Gasteiger partial charge in [-0.2, -0.15) is 18.3 Å². The summed E-state index contributed by atoms with van der Waals surface area (Å²) >= 11 is 5.72. The van der Waals surface area contributed by atoms with Crippen LogP contribution in [-0.4, -0.2) is 31.7 Å². The van der Waals surface area contributed by atoms with Crippen LogP contribution in [0.15, 0.2) is 88.9 Å². The predicted octanol–water partition coefficient (Wildman–Crippen LogP) is 6.25. The SMILES string of the molecule is Cc1cc(/C=N\NC(=O)CN(c2ccc(Cl)c(C(F)(F)F)c2)S(=O)(=O)c2ccccc2)c(C)n1-c1ccc(F)cc1. The molecular weight excluding hydrogens is 584 g/mol. The van der Waals surface area contributed by atoms with Gasteiger partial charge in [-0.15, -0.1) is 0 Å². The van der Waals surface area contributed by atoms with Crippen molar-refractivity contribution in [3.05, 3.63) is 112 Å². The minimum atomic E-state index is -4.86. The van der Waals surface area contributed by atoms with Crippen LogP contribution in [0.4, 0.5) is 23.2 Å². The molecule has 0 unspecified atom stereocenters. The number of aryl methyl sites for hydroxylation is 1. The van der Waals surface area contributed by atoms with E-state index in [-0.39, 0.29) is 10.7 Å². The molecule has 4 aromatic rings. The van der Waals surface area contributed by atoms with Crippen molar-refractivity contribution in [2.24, 2.45) is 5.10 Å². The number of hydrogen-bond acceptors (Lipinski definition) is 4. The molecule has 13 heteroatoms. The van der Waals surface area contributed by atoms with Crippen LogP contribution >= 0.6 is 11.6 Å². The maximum Gasteiger partial charge on any atom is 0.417 e. The highest BCUT2D eigenvalue weighted by molar-refractivity contribution is 7.92. The molecule has 214 valence electrons. The van der Waals surface area contributed by atoms with Crippen molar-refractivity contribution in [2.75, 3.05) is 10.8 Å². The molecule has 0 aliphatic carbocycles. The van der Waals surface area contributed by atoms with Crippen LogP contribution in [0.5, 0.6) is 0 Å². The average molecular weight is 607 g/mol. The number of carbonyl (C=O) groups is 1. The van der Waals surface area contributed by atoms with Gasteiger partial charge in [0.25, 0.3) is 15.9 Å². The average Bonchev–Trinajstić information content (AvgIpc) is 3.20. The standard InChI is InChI=1S/C28H23ClF4N4O3S/c1-18-14-20(19(2)37(18)22-10-8-21(30)9-11-22)16-34-35-27(38)17-36(41(39,40)24-6-4-3-5-7-24)23-12-13-26(29)25(15-23)28(31,32)33/h3-16H,17H2,1-2H3,(H,35,38)/b34-16-. The van der Waals surface area contributed by atoms with Crippen LogP contribution in [0.3, 0.4) is 0 Å². The van der Waals surface area contributed by atoms with Crippen molar-refractivity contribution in [3.63, 3.8) is 0 Å². The fourth-order valence-corrected chi connectivity index (χ4v) is 5.82. The fraction of sp³-hybridized carbons (Fsp3) is 0.143. The summed E-state index contributed by atoms with van der Waals surface area (Å²) in [5.74, 6) is -1.28. The minimum absolute atomic E-state index is 0.229. The second-order valence-electron chi connectivity index (χ2n) is 8.92. The summed E-state index contributed by atoms with van der Waals surface area (Å²) in [7, 11) is -4.46. The molecule has 0 bridgehead atoms. The number of nitrogens with zero attached hydrogens (tertiary/aromatic N) is 3. The zero-order chi connectivity index (χ0) is 29.9. The van der Waals surface area contributed by atoms with Gasteiger partial charge in [0, 0.05) is 22.6 Å². The van der Waals surface area contributed by atoms with E-state index < -0.39 is 44.9 Å². The Morgan fingerprint density at radius 3 is 2.32 bits per heavy atom. The van der Waals surface area contributed by atoms with Gasteiger partial charge in [0.15, 0.2) is 0 Å². The third-order valence-corrected chi connectivity index (χ3v) is 8.23. The van der Waals surface area contributed by atoms with E-state index in [1.165, 1.54) is 42.6 Å². The Morgan fingerprint density at radius 1 is 1.02 bits per heavy atom. The molecular formula is C28H23ClF4N4O3S. The van der Waals surface area contributed by atoms with Gasteiger partial charge in [-0.05, 0) is 74.5 Å². The van der Waals surface area contributed by atoms with Crippen molar-refractivity contribution in [1.82, 2.24) is 9.99 Å². The molecule has 0 saturated carbocycles. The lowest BCUT2D eigenvalue weighted by Gasteiger charge is -2.24. The van der Waals surface area contributed by atoms with Gasteiger partial charge in [0.2, 0.25) is 0 Å². The van der Waals surface area contributed by atoms with Gasteiger partial charge in [-0.25, -0.2) is 18.2 Å². The molecule has 3 aromatic carbocycles. The first-order valence-corrected chi connectivity index (χ1v) is 13.8. The molecule has 1 heterocycles. The summed E-state index contributed by atoms with van der Waals surface area (Å²) in [5.41, 5.74) is 3.45. The molecule has 4 rings (SSSR count). The minimum Gasteiger partial charge on any atom is -0.318 e. The number of alkyl halides is 3. The van der Waals surface area contributed by atoms with Gasteiger partial charge >= 0.3 is 6.18 Å². The van der Waals surface area contributed by atoms with E-state index in [1.807, 2.05) is 11.5 Å². The van der Waals surface area contributed by atoms with Crippen LogP contribution in [0.1, 0.15) is 22.5 Å². The first-order chi connectivity index (χ1) is 19.3. The Bertz CT molecular complexity index is 1700. The van der Waals surface area contributed by atoms with Crippen molar-refractivity contribution in [1.29, 1.82) is 0 Å². The van der Waals surface area contributed by atoms with E-state index in [2.05, 4.69) is 10.5 Å². The van der Waals surface area contributed by atoms with E-state index in [0.717, 1.165) is 23.5 Å². The third kappa shape index (κ3) is 6.60. The van der Waals surface area contributed by atoms with Gasteiger partial charge < -0.3 is 4.57 Å². The lowest BCUT2D eigenvalue weighted by Crippen LogP contribution is -2.39. The van der Waals surface area contributed by atoms with Gasteiger partial charge in [0.05, 0.1) is 27.4 Å². The Labute approximate surface area is 238 Å². The van der Waals surface area contributed by atoms with Crippen molar-refractivity contribution in [2.45, 2.75) is 24.9 Å². The molecule has 0 radical (unpaired) electrons. The number of amides is 1. The number of benzene rings is 3. The molecule has 0 aliphatic heterocycles. The van der Waals surface area contributed by atoms with E-state index in [1.54, 1.807) is 31.2 Å². The number of halogens is 5. The first kappa shape index (κ1) is 29.8. The maximum absolute atomic E-state index is 13.5. The zero-order valence-corrected chi connectivity index (χ0v) is 23.2. The molecule has 0 aliphatic rings. The number of carbonyl (C=O) groups excluding carboxylic acids is 1. The summed E-state index contributed by atoms with van der Waals surface area (Å²) in [5, 5.41) is 3.30. The number of nitrogens with one attached hydrogen (secondary N) is 1. The van der Waals surface area contributed by atoms with Crippen molar-refractivity contribution >= 4 is 39.4 Å². The highest BCUT2D eigenvalue weighted by Crippen LogP contribution is 2.38. The number of hydrogen-bond donors (Lipinski definition) is 1. The van der Waals surface area contributed by atoms with Gasteiger partial charge in [0.1, 0.15) is 12.4 Å². The third-order valence-electron chi connectivity index (χ3n) is 6.11. The van der Waals surface area contributed by atoms with Gasteiger partial charge in [-0.3, -0.25) is 9.10 Å². The van der Waals surface area contributed by atoms with E-state index in [0.29, 0.717) is 21.6 Å². The molecule has 0 spiro atoms. The maximum atomic E-state index is 13.5. The predicted molar refractivity (Wildman–Crippen MR) is 148 cm³/mol. The second kappa shape index (κ2) is 11.8. The number of hydrazone groups is 1. The van der Waals surface area contributed by atoms with Crippen LogP contribution in [0.2, 0.25) is 5.02 Å². The molecule has 0 fully saturated rings. The Balaban J connectivity index is 1.61. The zero-order valence-electron chi connectivity index (χ0n) is 21.7. The summed E-state index contributed by atoms with van der Waals surface area (Å²) < 4.78 is 83.2. The molecule has 1 aromatic heterocycles. The van der Waals surface area contributed by atoms with Crippen LogP contribution in [-0.2, 0) is 21.0 Å². The summed E-state index contributed by atoms with van der Waals surface area (Å²) in [6, 6.07) is 17.2. The number of aromatic nitrogens is 1. The number of sulfonamides is 1. The normalized spacial score (nSPS) is 12.1. The van der Waals surface area contributed by atoms with Crippen LogP contribution < -0.4 is 9.73 Å². The Hall–Kier alpha value is -4.16. The molecule has 41 heavy (non-hydrogen) atoms. The van der Waals surface area contributed by atoms with E-state index >= 15 is 0 Å². The Kier molecular flexibility index (Phi) is 8.55. The van der Waals surface area contributed by atoms with E-state index in [4.69, 9.17) is 11.6 Å². The fourth-order valence-electron chi connectivity index (χ4n) is 4.17. The largest absolute Gasteiger partial charge is 0.417 e.